The lowest BCUT2D eigenvalue weighted by Crippen LogP contribution is -2.40. The zero-order valence-electron chi connectivity index (χ0n) is 17.8. The van der Waals surface area contributed by atoms with Crippen LogP contribution < -0.4 is 20.3 Å². The largest absolute Gasteiger partial charge is 0.493 e. The molecule has 0 aliphatic carbocycles. The third-order valence-electron chi connectivity index (χ3n) is 4.89. The van der Waals surface area contributed by atoms with Crippen molar-refractivity contribution >= 4 is 39.8 Å². The first-order valence-electron chi connectivity index (χ1n) is 10.00. The minimum atomic E-state index is -0.167. The van der Waals surface area contributed by atoms with Crippen LogP contribution in [0.5, 0.6) is 11.5 Å². The lowest BCUT2D eigenvalue weighted by molar-refractivity contribution is 0.355. The number of thiocarbonyl (C=S) groups is 1. The van der Waals surface area contributed by atoms with Crippen LogP contribution >= 0.6 is 23.8 Å². The predicted octanol–water partition coefficient (Wildman–Crippen LogP) is 4.49. The molecule has 0 aliphatic rings. The van der Waals surface area contributed by atoms with Crippen LogP contribution in [0.3, 0.4) is 0 Å². The quantitative estimate of drug-likeness (QED) is 0.484. The van der Waals surface area contributed by atoms with Gasteiger partial charge in [0.1, 0.15) is 0 Å². The summed E-state index contributed by atoms with van der Waals surface area (Å²) in [4.78, 5) is 17.7. The van der Waals surface area contributed by atoms with Gasteiger partial charge in [0, 0.05) is 35.1 Å². The summed E-state index contributed by atoms with van der Waals surface area (Å²) in [6, 6.07) is 13.1. The van der Waals surface area contributed by atoms with Crippen molar-refractivity contribution in [2.75, 3.05) is 20.8 Å². The SMILES string of the molecule is CCCNC(=S)N(Cc1ccc(Cl)cc1)Cc1cc2cc(OC)c(OC)cc2[nH]c1=O. The number of rotatable bonds is 8. The molecule has 0 saturated heterocycles. The van der Waals surface area contributed by atoms with Crippen molar-refractivity contribution in [3.05, 3.63) is 69.0 Å². The second kappa shape index (κ2) is 10.5. The zero-order chi connectivity index (χ0) is 22.4. The van der Waals surface area contributed by atoms with Crippen LogP contribution in [0.2, 0.25) is 5.02 Å². The molecule has 0 fully saturated rings. The number of nitrogens with one attached hydrogen (secondary N) is 2. The maximum Gasteiger partial charge on any atom is 0.253 e. The Morgan fingerprint density at radius 3 is 2.42 bits per heavy atom. The molecule has 8 heteroatoms. The molecular formula is C23H26ClN3O3S. The summed E-state index contributed by atoms with van der Waals surface area (Å²) in [5.74, 6) is 1.17. The topological polar surface area (TPSA) is 66.6 Å². The van der Waals surface area contributed by atoms with Crippen LogP contribution in [0.25, 0.3) is 10.9 Å². The van der Waals surface area contributed by atoms with E-state index in [4.69, 9.17) is 33.3 Å². The van der Waals surface area contributed by atoms with Crippen LogP contribution in [0.15, 0.2) is 47.3 Å². The second-order valence-electron chi connectivity index (χ2n) is 7.13. The summed E-state index contributed by atoms with van der Waals surface area (Å²) in [6.07, 6.45) is 0.951. The third kappa shape index (κ3) is 5.68. The Bertz CT molecular complexity index is 1120. The summed E-state index contributed by atoms with van der Waals surface area (Å²) in [6.45, 7) is 3.75. The summed E-state index contributed by atoms with van der Waals surface area (Å²) < 4.78 is 10.7. The highest BCUT2D eigenvalue weighted by molar-refractivity contribution is 7.80. The average Bonchev–Trinajstić information content (AvgIpc) is 2.77. The first-order chi connectivity index (χ1) is 14.9. The van der Waals surface area contributed by atoms with E-state index in [1.165, 1.54) is 0 Å². The van der Waals surface area contributed by atoms with Crippen molar-refractivity contribution in [2.24, 2.45) is 0 Å². The first kappa shape index (κ1) is 22.9. The molecule has 0 unspecified atom stereocenters. The van der Waals surface area contributed by atoms with Crippen molar-refractivity contribution in [1.29, 1.82) is 0 Å². The number of methoxy groups -OCH3 is 2. The molecule has 31 heavy (non-hydrogen) atoms. The van der Waals surface area contributed by atoms with E-state index in [1.807, 2.05) is 41.3 Å². The standard InChI is InChI=1S/C23H26ClN3O3S/c1-4-9-25-23(31)27(13-15-5-7-18(24)8-6-15)14-17-10-16-11-20(29-2)21(30-3)12-19(16)26-22(17)28/h5-8,10-12H,4,9,13-14H2,1-3H3,(H,25,31)(H,26,28). The number of ether oxygens (including phenoxy) is 2. The number of nitrogens with zero attached hydrogens (tertiary/aromatic N) is 1. The molecule has 0 spiro atoms. The van der Waals surface area contributed by atoms with E-state index in [1.54, 1.807) is 20.3 Å². The number of H-pyrrole nitrogens is 1. The van der Waals surface area contributed by atoms with Gasteiger partial charge in [0.25, 0.3) is 5.56 Å². The molecule has 0 aliphatic heterocycles. The molecule has 164 valence electrons. The summed E-state index contributed by atoms with van der Waals surface area (Å²) in [5, 5.41) is 5.39. The van der Waals surface area contributed by atoms with Gasteiger partial charge in [-0.1, -0.05) is 30.7 Å². The van der Waals surface area contributed by atoms with Crippen molar-refractivity contribution in [3.8, 4) is 11.5 Å². The van der Waals surface area contributed by atoms with E-state index in [-0.39, 0.29) is 5.56 Å². The van der Waals surface area contributed by atoms with E-state index >= 15 is 0 Å². The number of benzene rings is 2. The molecule has 2 aromatic carbocycles. The van der Waals surface area contributed by atoms with Crippen LogP contribution in [0, 0.1) is 0 Å². The fourth-order valence-corrected chi connectivity index (χ4v) is 3.61. The molecule has 1 heterocycles. The Labute approximate surface area is 192 Å². The minimum Gasteiger partial charge on any atom is -0.493 e. The van der Waals surface area contributed by atoms with Gasteiger partial charge in [-0.05, 0) is 48.5 Å². The maximum absolute atomic E-state index is 12.8. The number of pyridine rings is 1. The first-order valence-corrected chi connectivity index (χ1v) is 10.8. The molecule has 3 aromatic rings. The van der Waals surface area contributed by atoms with Gasteiger partial charge in [0.05, 0.1) is 26.3 Å². The lowest BCUT2D eigenvalue weighted by atomic mass is 10.1. The highest BCUT2D eigenvalue weighted by Crippen LogP contribution is 2.31. The molecule has 3 rings (SSSR count). The number of fused-ring (bicyclic) bond motifs is 1. The number of hydrogen-bond donors (Lipinski definition) is 2. The molecule has 1 aromatic heterocycles. The Balaban J connectivity index is 1.94. The fraction of sp³-hybridized carbons (Fsp3) is 0.304. The van der Waals surface area contributed by atoms with Crippen LogP contribution in [0.4, 0.5) is 0 Å². The highest BCUT2D eigenvalue weighted by atomic mass is 35.5. The lowest BCUT2D eigenvalue weighted by Gasteiger charge is -2.26. The van der Waals surface area contributed by atoms with Crippen LogP contribution in [0.1, 0.15) is 24.5 Å². The Hall–Kier alpha value is -2.77. The van der Waals surface area contributed by atoms with Crippen LogP contribution in [-0.2, 0) is 13.1 Å². The Morgan fingerprint density at radius 1 is 1.10 bits per heavy atom. The van der Waals surface area contributed by atoms with Crippen LogP contribution in [-0.4, -0.2) is 35.8 Å². The molecule has 0 bridgehead atoms. The van der Waals surface area contributed by atoms with Gasteiger partial charge in [-0.2, -0.15) is 0 Å². The molecule has 6 nitrogen and oxygen atoms in total. The number of hydrogen-bond acceptors (Lipinski definition) is 4. The Morgan fingerprint density at radius 2 is 1.77 bits per heavy atom. The van der Waals surface area contributed by atoms with Gasteiger partial charge in [-0.15, -0.1) is 0 Å². The van der Waals surface area contributed by atoms with Gasteiger partial charge < -0.3 is 24.7 Å². The van der Waals surface area contributed by atoms with Gasteiger partial charge in [-0.25, -0.2) is 0 Å². The monoisotopic (exact) mass is 459 g/mol. The molecule has 0 amide bonds. The van der Waals surface area contributed by atoms with Gasteiger partial charge >= 0.3 is 0 Å². The second-order valence-corrected chi connectivity index (χ2v) is 7.96. The zero-order valence-corrected chi connectivity index (χ0v) is 19.4. The molecule has 2 N–H and O–H groups in total. The number of aromatic nitrogens is 1. The molecular weight excluding hydrogens is 434 g/mol. The fourth-order valence-electron chi connectivity index (χ4n) is 3.25. The third-order valence-corrected chi connectivity index (χ3v) is 5.54. The summed E-state index contributed by atoms with van der Waals surface area (Å²) in [7, 11) is 3.15. The maximum atomic E-state index is 12.8. The minimum absolute atomic E-state index is 0.167. The molecule has 0 saturated carbocycles. The van der Waals surface area contributed by atoms with Crippen molar-refractivity contribution in [1.82, 2.24) is 15.2 Å². The Kier molecular flexibility index (Phi) is 7.76. The van der Waals surface area contributed by atoms with Gasteiger partial charge in [0.2, 0.25) is 0 Å². The average molecular weight is 460 g/mol. The van der Waals surface area contributed by atoms with Gasteiger partial charge in [-0.3, -0.25) is 4.79 Å². The summed E-state index contributed by atoms with van der Waals surface area (Å²) >= 11 is 11.6. The van der Waals surface area contributed by atoms with Crippen molar-refractivity contribution in [3.63, 3.8) is 0 Å². The molecule has 0 radical (unpaired) electrons. The smallest absolute Gasteiger partial charge is 0.253 e. The normalized spacial score (nSPS) is 10.7. The number of halogens is 1. The number of aromatic amines is 1. The van der Waals surface area contributed by atoms with Crippen molar-refractivity contribution in [2.45, 2.75) is 26.4 Å². The van der Waals surface area contributed by atoms with E-state index < -0.39 is 0 Å². The van der Waals surface area contributed by atoms with E-state index in [0.717, 1.165) is 23.9 Å². The van der Waals surface area contributed by atoms with Gasteiger partial charge in [0.15, 0.2) is 16.6 Å². The molecule has 0 atom stereocenters. The highest BCUT2D eigenvalue weighted by Gasteiger charge is 2.15. The van der Waals surface area contributed by atoms with E-state index in [0.29, 0.717) is 45.8 Å². The predicted molar refractivity (Wildman–Crippen MR) is 129 cm³/mol. The van der Waals surface area contributed by atoms with E-state index in [9.17, 15) is 4.79 Å². The summed E-state index contributed by atoms with van der Waals surface area (Å²) in [5.41, 5.74) is 2.17. The van der Waals surface area contributed by atoms with Crippen molar-refractivity contribution < 1.29 is 9.47 Å². The van der Waals surface area contributed by atoms with E-state index in [2.05, 4.69) is 17.2 Å².